The maximum atomic E-state index is 11.0. The summed E-state index contributed by atoms with van der Waals surface area (Å²) < 4.78 is 0. The highest BCUT2D eigenvalue weighted by molar-refractivity contribution is 6.32. The summed E-state index contributed by atoms with van der Waals surface area (Å²) in [6, 6.07) is 10.9. The minimum atomic E-state index is -1.43. The van der Waals surface area contributed by atoms with E-state index in [1.54, 1.807) is 12.1 Å². The third-order valence-electron chi connectivity index (χ3n) is 2.84. The first-order chi connectivity index (χ1) is 8.59. The molecule has 0 spiro atoms. The molecule has 0 saturated heterocycles. The summed E-state index contributed by atoms with van der Waals surface area (Å²) in [6.45, 7) is 0. The molecule has 4 heteroatoms. The van der Waals surface area contributed by atoms with E-state index in [1.807, 2.05) is 24.3 Å². The predicted octanol–water partition coefficient (Wildman–Crippen LogP) is 2.13. The molecule has 0 aromatic heterocycles. The largest absolute Gasteiger partial charge is 0.507 e. The minimum Gasteiger partial charge on any atom is -0.507 e. The van der Waals surface area contributed by atoms with Crippen molar-refractivity contribution in [3.05, 3.63) is 42.0 Å². The van der Waals surface area contributed by atoms with E-state index in [0.717, 1.165) is 5.39 Å². The molecule has 0 aliphatic carbocycles. The number of benzene rings is 2. The molecule has 0 aliphatic rings. The Kier molecular flexibility index (Phi) is 3.28. The Hall–Kier alpha value is -2.36. The maximum Gasteiger partial charge on any atom is 0.372 e. The van der Waals surface area contributed by atoms with E-state index in [1.165, 1.54) is 0 Å². The van der Waals surface area contributed by atoms with E-state index >= 15 is 0 Å². The summed E-state index contributed by atoms with van der Waals surface area (Å²) in [6.07, 6.45) is 0.114. The van der Waals surface area contributed by atoms with Crippen molar-refractivity contribution in [2.45, 2.75) is 12.8 Å². The summed E-state index contributed by atoms with van der Waals surface area (Å²) in [7, 11) is 0. The molecule has 4 nitrogen and oxygen atoms in total. The average molecular weight is 244 g/mol. The smallest absolute Gasteiger partial charge is 0.372 e. The van der Waals surface area contributed by atoms with Crippen molar-refractivity contribution >= 4 is 22.5 Å². The van der Waals surface area contributed by atoms with Crippen molar-refractivity contribution in [1.29, 1.82) is 0 Å². The first kappa shape index (κ1) is 12.1. The van der Waals surface area contributed by atoms with E-state index < -0.39 is 11.8 Å². The molecule has 92 valence electrons. The van der Waals surface area contributed by atoms with Crippen LogP contribution in [0.15, 0.2) is 36.4 Å². The fourth-order valence-corrected chi connectivity index (χ4v) is 1.86. The van der Waals surface area contributed by atoms with Crippen LogP contribution in [0.25, 0.3) is 10.8 Å². The zero-order valence-electron chi connectivity index (χ0n) is 9.59. The van der Waals surface area contributed by atoms with E-state index in [2.05, 4.69) is 0 Å². The first-order valence-electron chi connectivity index (χ1n) is 5.55. The monoisotopic (exact) mass is 244 g/mol. The Bertz CT molecular complexity index is 616. The van der Waals surface area contributed by atoms with Crippen LogP contribution in [0, 0.1) is 0 Å². The number of fused-ring (bicyclic) bond motifs is 1. The van der Waals surface area contributed by atoms with Gasteiger partial charge in [0.25, 0.3) is 0 Å². The van der Waals surface area contributed by atoms with Crippen LogP contribution in [-0.2, 0) is 16.0 Å². The molecule has 0 bridgehead atoms. The lowest BCUT2D eigenvalue weighted by molar-refractivity contribution is -0.149. The van der Waals surface area contributed by atoms with Gasteiger partial charge in [0.2, 0.25) is 5.78 Å². The highest BCUT2D eigenvalue weighted by Crippen LogP contribution is 2.29. The average Bonchev–Trinajstić information content (AvgIpc) is 2.38. The highest BCUT2D eigenvalue weighted by Gasteiger charge is 2.13. The van der Waals surface area contributed by atoms with Crippen LogP contribution in [-0.4, -0.2) is 22.0 Å². The number of rotatable bonds is 4. The normalized spacial score (nSPS) is 10.4. The summed E-state index contributed by atoms with van der Waals surface area (Å²) in [4.78, 5) is 21.4. The van der Waals surface area contributed by atoms with E-state index in [4.69, 9.17) is 5.11 Å². The SMILES string of the molecule is O=C(O)C(=O)CCc1ccc2ccccc2c1O. The second-order valence-electron chi connectivity index (χ2n) is 4.02. The lowest BCUT2D eigenvalue weighted by Crippen LogP contribution is -2.12. The van der Waals surface area contributed by atoms with Gasteiger partial charge in [-0.05, 0) is 17.4 Å². The molecule has 0 unspecified atom stereocenters. The third-order valence-corrected chi connectivity index (χ3v) is 2.84. The molecule has 18 heavy (non-hydrogen) atoms. The van der Waals surface area contributed by atoms with Gasteiger partial charge in [0, 0.05) is 11.8 Å². The molecular weight excluding hydrogens is 232 g/mol. The van der Waals surface area contributed by atoms with Gasteiger partial charge in [-0.15, -0.1) is 0 Å². The first-order valence-corrected chi connectivity index (χ1v) is 5.55. The Morgan fingerprint density at radius 2 is 1.78 bits per heavy atom. The zero-order valence-corrected chi connectivity index (χ0v) is 9.59. The number of phenols is 1. The predicted molar refractivity (Wildman–Crippen MR) is 66.6 cm³/mol. The molecule has 0 atom stereocenters. The molecule has 0 fully saturated rings. The Balaban J connectivity index is 2.27. The Labute approximate surface area is 103 Å². The number of aliphatic carboxylic acids is 1. The second kappa shape index (κ2) is 4.87. The quantitative estimate of drug-likeness (QED) is 0.808. The zero-order chi connectivity index (χ0) is 13.1. The fourth-order valence-electron chi connectivity index (χ4n) is 1.86. The molecule has 0 radical (unpaired) electrons. The molecule has 0 amide bonds. The van der Waals surface area contributed by atoms with Crippen molar-refractivity contribution in [3.8, 4) is 5.75 Å². The van der Waals surface area contributed by atoms with Gasteiger partial charge in [-0.3, -0.25) is 4.79 Å². The van der Waals surface area contributed by atoms with Crippen molar-refractivity contribution in [2.24, 2.45) is 0 Å². The number of carboxylic acid groups (broad SMARTS) is 1. The molecule has 2 N–H and O–H groups in total. The van der Waals surface area contributed by atoms with Gasteiger partial charge >= 0.3 is 5.97 Å². The van der Waals surface area contributed by atoms with E-state index in [0.29, 0.717) is 10.9 Å². The number of carbonyl (C=O) groups is 2. The third kappa shape index (κ3) is 2.32. The van der Waals surface area contributed by atoms with Crippen molar-refractivity contribution < 1.29 is 19.8 Å². The van der Waals surface area contributed by atoms with Crippen LogP contribution in [0.3, 0.4) is 0 Å². The van der Waals surface area contributed by atoms with Crippen molar-refractivity contribution in [1.82, 2.24) is 0 Å². The molecular formula is C14H12O4. The van der Waals surface area contributed by atoms with Crippen LogP contribution < -0.4 is 0 Å². The molecule has 0 heterocycles. The van der Waals surface area contributed by atoms with Gasteiger partial charge in [-0.1, -0.05) is 36.4 Å². The highest BCUT2D eigenvalue weighted by atomic mass is 16.4. The van der Waals surface area contributed by atoms with Gasteiger partial charge in [0.05, 0.1) is 0 Å². The number of hydrogen-bond acceptors (Lipinski definition) is 3. The molecule has 2 rings (SSSR count). The summed E-state index contributed by atoms with van der Waals surface area (Å²) in [5.41, 5.74) is 0.586. The molecule has 2 aromatic rings. The van der Waals surface area contributed by atoms with Crippen molar-refractivity contribution in [2.75, 3.05) is 0 Å². The fraction of sp³-hybridized carbons (Fsp3) is 0.143. The van der Waals surface area contributed by atoms with Gasteiger partial charge in [0.15, 0.2) is 0 Å². The Morgan fingerprint density at radius 1 is 1.06 bits per heavy atom. The Morgan fingerprint density at radius 3 is 2.50 bits per heavy atom. The van der Waals surface area contributed by atoms with Gasteiger partial charge in [-0.25, -0.2) is 4.79 Å². The maximum absolute atomic E-state index is 11.0. The lowest BCUT2D eigenvalue weighted by Gasteiger charge is -2.06. The molecule has 2 aromatic carbocycles. The molecule has 0 saturated carbocycles. The number of aryl methyl sites for hydroxylation is 1. The van der Waals surface area contributed by atoms with Crippen molar-refractivity contribution in [3.63, 3.8) is 0 Å². The number of hydrogen-bond donors (Lipinski definition) is 2. The van der Waals surface area contributed by atoms with Gasteiger partial charge in [0.1, 0.15) is 5.75 Å². The number of carboxylic acids is 1. The van der Waals surface area contributed by atoms with Crippen LogP contribution in [0.1, 0.15) is 12.0 Å². The standard InChI is InChI=1S/C14H12O4/c15-12(14(17)18)8-7-10-6-5-9-3-1-2-4-11(9)13(10)16/h1-6,16H,7-8H2,(H,17,18). The van der Waals surface area contributed by atoms with Crippen LogP contribution in [0.4, 0.5) is 0 Å². The van der Waals surface area contributed by atoms with Gasteiger partial charge < -0.3 is 10.2 Å². The molecule has 0 aliphatic heterocycles. The van der Waals surface area contributed by atoms with Crippen LogP contribution in [0.5, 0.6) is 5.75 Å². The van der Waals surface area contributed by atoms with Crippen LogP contribution in [0.2, 0.25) is 0 Å². The number of aromatic hydroxyl groups is 1. The number of Topliss-reactive ketones (excluding diaryl/α,β-unsaturated/α-hetero) is 1. The number of phenolic OH excluding ortho intramolecular Hbond substituents is 1. The van der Waals surface area contributed by atoms with Gasteiger partial charge in [-0.2, -0.15) is 0 Å². The van der Waals surface area contributed by atoms with Crippen LogP contribution >= 0.6 is 0 Å². The summed E-state index contributed by atoms with van der Waals surface area (Å²) in [5, 5.41) is 20.1. The second-order valence-corrected chi connectivity index (χ2v) is 4.02. The van der Waals surface area contributed by atoms with E-state index in [-0.39, 0.29) is 18.6 Å². The lowest BCUT2D eigenvalue weighted by atomic mass is 10.0. The minimum absolute atomic E-state index is 0.110. The summed E-state index contributed by atoms with van der Waals surface area (Å²) >= 11 is 0. The summed E-state index contributed by atoms with van der Waals surface area (Å²) in [5.74, 6) is -2.16. The topological polar surface area (TPSA) is 74.6 Å². The number of carbonyl (C=O) groups excluding carboxylic acids is 1. The number of ketones is 1. The van der Waals surface area contributed by atoms with E-state index in [9.17, 15) is 14.7 Å².